The van der Waals surface area contributed by atoms with Crippen LogP contribution in [0, 0.1) is 12.8 Å². The Kier molecular flexibility index (Phi) is 4.70. The second-order valence-electron chi connectivity index (χ2n) is 5.28. The summed E-state index contributed by atoms with van der Waals surface area (Å²) in [5, 5.41) is 16.7. The monoisotopic (exact) mass is 288 g/mol. The van der Waals surface area contributed by atoms with Crippen molar-refractivity contribution in [3.05, 3.63) is 42.0 Å². The van der Waals surface area contributed by atoms with Gasteiger partial charge < -0.3 is 10.4 Å². The van der Waals surface area contributed by atoms with Crippen LogP contribution >= 0.6 is 0 Å². The predicted octanol–water partition coefficient (Wildman–Crippen LogP) is 1.32. The normalized spacial score (nSPS) is 12.4. The predicted molar refractivity (Wildman–Crippen MR) is 79.3 cm³/mol. The fourth-order valence-electron chi connectivity index (χ4n) is 1.91. The minimum absolute atomic E-state index is 0.103. The van der Waals surface area contributed by atoms with Crippen molar-refractivity contribution in [1.82, 2.24) is 20.1 Å². The number of nitrogens with zero attached hydrogens (tertiary/aromatic N) is 3. The third-order valence-corrected chi connectivity index (χ3v) is 3.40. The molecule has 0 saturated heterocycles. The van der Waals surface area contributed by atoms with Gasteiger partial charge in [0.15, 0.2) is 0 Å². The average molecular weight is 288 g/mol. The highest BCUT2D eigenvalue weighted by Crippen LogP contribution is 2.13. The van der Waals surface area contributed by atoms with E-state index in [-0.39, 0.29) is 18.4 Å². The summed E-state index contributed by atoms with van der Waals surface area (Å²) < 4.78 is 1.69. The fourth-order valence-corrected chi connectivity index (χ4v) is 1.91. The zero-order valence-electron chi connectivity index (χ0n) is 12.4. The Balaban J connectivity index is 2.12. The number of nitrogens with one attached hydrogen (secondary N) is 1. The summed E-state index contributed by atoms with van der Waals surface area (Å²) >= 11 is 0. The van der Waals surface area contributed by atoms with Crippen LogP contribution in [-0.4, -0.2) is 38.4 Å². The lowest BCUT2D eigenvalue weighted by Crippen LogP contribution is -2.34. The molecule has 6 heteroatoms. The molecule has 2 aromatic rings. The van der Waals surface area contributed by atoms with Crippen molar-refractivity contribution >= 4 is 5.91 Å². The molecule has 6 nitrogen and oxygen atoms in total. The molecule has 1 unspecified atom stereocenters. The van der Waals surface area contributed by atoms with Crippen molar-refractivity contribution < 1.29 is 9.90 Å². The Labute approximate surface area is 123 Å². The van der Waals surface area contributed by atoms with E-state index < -0.39 is 6.10 Å². The van der Waals surface area contributed by atoms with Gasteiger partial charge in [0.05, 0.1) is 29.2 Å². The zero-order valence-corrected chi connectivity index (χ0v) is 12.4. The van der Waals surface area contributed by atoms with Crippen molar-refractivity contribution in [1.29, 1.82) is 0 Å². The summed E-state index contributed by atoms with van der Waals surface area (Å²) in [4.78, 5) is 16.1. The van der Waals surface area contributed by atoms with E-state index in [0.717, 1.165) is 11.4 Å². The molecule has 0 aliphatic carbocycles. The van der Waals surface area contributed by atoms with Gasteiger partial charge in [0, 0.05) is 18.9 Å². The molecule has 0 saturated carbocycles. The van der Waals surface area contributed by atoms with Gasteiger partial charge in [-0.1, -0.05) is 13.8 Å². The van der Waals surface area contributed by atoms with Gasteiger partial charge in [-0.05, 0) is 25.0 Å². The van der Waals surface area contributed by atoms with Gasteiger partial charge in [0.25, 0.3) is 5.91 Å². The van der Waals surface area contributed by atoms with Crippen LogP contribution in [0.1, 0.15) is 29.9 Å². The van der Waals surface area contributed by atoms with Gasteiger partial charge in [0.2, 0.25) is 0 Å². The molecule has 1 amide bonds. The fraction of sp³-hybridized carbons (Fsp3) is 0.400. The van der Waals surface area contributed by atoms with E-state index in [4.69, 9.17) is 0 Å². The highest BCUT2D eigenvalue weighted by atomic mass is 16.3. The molecule has 0 bridgehead atoms. The van der Waals surface area contributed by atoms with Crippen LogP contribution in [0.5, 0.6) is 0 Å². The third kappa shape index (κ3) is 3.46. The highest BCUT2D eigenvalue weighted by molar-refractivity contribution is 5.95. The van der Waals surface area contributed by atoms with Gasteiger partial charge in [-0.2, -0.15) is 5.10 Å². The molecule has 112 valence electrons. The molecule has 2 N–H and O–H groups in total. The van der Waals surface area contributed by atoms with Gasteiger partial charge in [-0.15, -0.1) is 0 Å². The number of aliphatic hydroxyl groups is 1. The number of hydrogen-bond acceptors (Lipinski definition) is 4. The summed E-state index contributed by atoms with van der Waals surface area (Å²) in [5.41, 5.74) is 2.10. The maximum absolute atomic E-state index is 12.1. The minimum atomic E-state index is -0.551. The van der Waals surface area contributed by atoms with E-state index in [0.29, 0.717) is 5.56 Å². The van der Waals surface area contributed by atoms with E-state index in [2.05, 4.69) is 15.4 Å². The van der Waals surface area contributed by atoms with Crippen molar-refractivity contribution in [2.75, 3.05) is 6.54 Å². The first kappa shape index (κ1) is 15.2. The first-order valence-corrected chi connectivity index (χ1v) is 6.92. The molecule has 0 aliphatic rings. The molecule has 0 fully saturated rings. The van der Waals surface area contributed by atoms with Crippen LogP contribution in [-0.2, 0) is 0 Å². The molecule has 0 radical (unpaired) electrons. The van der Waals surface area contributed by atoms with Crippen molar-refractivity contribution in [2.45, 2.75) is 26.9 Å². The molecule has 0 spiro atoms. The number of aromatic nitrogens is 3. The SMILES string of the molecule is Cc1c(C(=O)NCC(O)C(C)C)cnn1-c1ccncc1. The van der Waals surface area contributed by atoms with Gasteiger partial charge in [0.1, 0.15) is 0 Å². The second kappa shape index (κ2) is 6.49. The number of carbonyl (C=O) groups excluding carboxylic acids is 1. The van der Waals surface area contributed by atoms with Crippen LogP contribution in [0.2, 0.25) is 0 Å². The Morgan fingerprint density at radius 3 is 2.67 bits per heavy atom. The zero-order chi connectivity index (χ0) is 15.4. The van der Waals surface area contributed by atoms with Crippen molar-refractivity contribution in [2.24, 2.45) is 5.92 Å². The van der Waals surface area contributed by atoms with E-state index in [1.165, 1.54) is 6.20 Å². The Morgan fingerprint density at radius 2 is 2.05 bits per heavy atom. The Morgan fingerprint density at radius 1 is 1.38 bits per heavy atom. The number of amides is 1. The topological polar surface area (TPSA) is 80.0 Å². The number of pyridine rings is 1. The maximum Gasteiger partial charge on any atom is 0.254 e. The van der Waals surface area contributed by atoms with Crippen molar-refractivity contribution in [3.8, 4) is 5.69 Å². The smallest absolute Gasteiger partial charge is 0.254 e. The highest BCUT2D eigenvalue weighted by Gasteiger charge is 2.17. The van der Waals surface area contributed by atoms with E-state index in [1.54, 1.807) is 17.1 Å². The first-order chi connectivity index (χ1) is 10.0. The second-order valence-corrected chi connectivity index (χ2v) is 5.28. The first-order valence-electron chi connectivity index (χ1n) is 6.92. The van der Waals surface area contributed by atoms with Crippen LogP contribution in [0.4, 0.5) is 0 Å². The summed E-state index contributed by atoms with van der Waals surface area (Å²) in [6.07, 6.45) is 4.33. The molecule has 1 atom stereocenters. The summed E-state index contributed by atoms with van der Waals surface area (Å²) in [7, 11) is 0. The van der Waals surface area contributed by atoms with Crippen LogP contribution in [0.25, 0.3) is 5.69 Å². The lowest BCUT2D eigenvalue weighted by atomic mass is 10.1. The van der Waals surface area contributed by atoms with E-state index >= 15 is 0 Å². The molecule has 2 rings (SSSR count). The number of rotatable bonds is 5. The van der Waals surface area contributed by atoms with Crippen LogP contribution in [0.15, 0.2) is 30.7 Å². The lowest BCUT2D eigenvalue weighted by Gasteiger charge is -2.14. The molecule has 21 heavy (non-hydrogen) atoms. The quantitative estimate of drug-likeness (QED) is 0.869. The van der Waals surface area contributed by atoms with Crippen LogP contribution in [0.3, 0.4) is 0 Å². The summed E-state index contributed by atoms with van der Waals surface area (Å²) in [5.74, 6) is -0.126. The number of hydrogen-bond donors (Lipinski definition) is 2. The van der Waals surface area contributed by atoms with Gasteiger partial charge in [-0.25, -0.2) is 4.68 Å². The number of aliphatic hydroxyl groups excluding tert-OH is 1. The van der Waals surface area contributed by atoms with E-state index in [9.17, 15) is 9.90 Å². The number of carbonyl (C=O) groups is 1. The molecule has 0 aliphatic heterocycles. The molecule has 2 aromatic heterocycles. The minimum Gasteiger partial charge on any atom is -0.391 e. The third-order valence-electron chi connectivity index (χ3n) is 3.40. The average Bonchev–Trinajstić information content (AvgIpc) is 2.87. The molecular formula is C15H20N4O2. The van der Waals surface area contributed by atoms with Crippen molar-refractivity contribution in [3.63, 3.8) is 0 Å². The largest absolute Gasteiger partial charge is 0.391 e. The van der Waals surface area contributed by atoms with Gasteiger partial charge >= 0.3 is 0 Å². The molecule has 2 heterocycles. The Hall–Kier alpha value is -2.21. The van der Waals surface area contributed by atoms with Crippen LogP contribution < -0.4 is 5.32 Å². The molecular weight excluding hydrogens is 268 g/mol. The maximum atomic E-state index is 12.1. The van der Waals surface area contributed by atoms with Gasteiger partial charge in [-0.3, -0.25) is 9.78 Å². The lowest BCUT2D eigenvalue weighted by molar-refractivity contribution is 0.0871. The summed E-state index contributed by atoms with van der Waals surface area (Å²) in [6, 6.07) is 3.65. The Bertz CT molecular complexity index is 607. The standard InChI is InChI=1S/C15H20N4O2/c1-10(2)14(20)9-17-15(21)13-8-18-19(11(13)3)12-4-6-16-7-5-12/h4-8,10,14,20H,9H2,1-3H3,(H,17,21). The van der Waals surface area contributed by atoms with E-state index in [1.807, 2.05) is 32.9 Å². The molecule has 0 aromatic carbocycles. The summed E-state index contributed by atoms with van der Waals surface area (Å²) in [6.45, 7) is 5.88.